The lowest BCUT2D eigenvalue weighted by Gasteiger charge is -2.16. The number of hydrogen-bond acceptors (Lipinski definition) is 0. The molecule has 458 valence electrons. The minimum absolute atomic E-state index is 1.23. The van der Waals surface area contributed by atoms with Gasteiger partial charge in [-0.2, -0.15) is 0 Å². The van der Waals surface area contributed by atoms with Gasteiger partial charge in [-0.05, 0) is 313 Å². The van der Waals surface area contributed by atoms with Crippen LogP contribution in [-0.2, 0) is 0 Å². The molecule has 0 fully saturated rings. The van der Waals surface area contributed by atoms with Gasteiger partial charge in [-0.3, -0.25) is 0 Å². The average molecular weight is 1260 g/mol. The van der Waals surface area contributed by atoms with Crippen LogP contribution in [0, 0.1) is 0 Å². The molecule has 0 heterocycles. The molecule has 0 radical (unpaired) electrons. The van der Waals surface area contributed by atoms with Crippen molar-refractivity contribution in [2.75, 3.05) is 0 Å². The Morgan fingerprint density at radius 1 is 0.0900 bits per heavy atom. The molecule has 0 saturated carbocycles. The van der Waals surface area contributed by atoms with Crippen LogP contribution in [0.1, 0.15) is 0 Å². The maximum atomic E-state index is 2.43. The molecule has 0 aliphatic carbocycles. The molecular formula is C100H58. The van der Waals surface area contributed by atoms with Crippen LogP contribution in [0.15, 0.2) is 352 Å². The highest BCUT2D eigenvalue weighted by Crippen LogP contribution is 2.46. The van der Waals surface area contributed by atoms with Crippen molar-refractivity contribution in [3.63, 3.8) is 0 Å². The number of rotatable bonds is 5. The van der Waals surface area contributed by atoms with Gasteiger partial charge in [0.2, 0.25) is 0 Å². The topological polar surface area (TPSA) is 0 Å². The Bertz CT molecular complexity index is 6950. The van der Waals surface area contributed by atoms with Crippen LogP contribution in [0.3, 0.4) is 0 Å². The standard InChI is InChI=1S/C100H58/c1-3-15-61-47-75-49-69(35-33-63(75)45-59(61)13-1)77-21-5-17-65-51-97-71(55-93(65)77)37-43-91-81(27-11-31-87(91)97)83-23-7-19-67-53-99-73(57-95(67)83)39-41-89-79(25-9-29-85(89)99)80-26-10-30-86-90(80)42-40-74-58-96-68(54-100(74)86)20-8-24-84(96)82-28-12-32-88-92(82)44-38-72-56-94-66(52-98(72)88)18-6-22-78(94)70-36-34-64-46-60-14-2-4-16-62(60)48-76(64)50-70/h1-58H. The molecular weight excluding hydrogens is 1200 g/mol. The van der Waals surface area contributed by atoms with Crippen LogP contribution in [0.2, 0.25) is 0 Å². The molecule has 0 aliphatic heterocycles. The van der Waals surface area contributed by atoms with Crippen LogP contribution in [0.5, 0.6) is 0 Å². The maximum Gasteiger partial charge on any atom is -0.00987 e. The van der Waals surface area contributed by atoms with E-state index < -0.39 is 0 Å². The highest BCUT2D eigenvalue weighted by Gasteiger charge is 2.19. The average Bonchev–Trinajstić information content (AvgIpc) is 0.743. The predicted octanol–water partition coefficient (Wildman–Crippen LogP) is 28.5. The summed E-state index contributed by atoms with van der Waals surface area (Å²) in [5, 5.41) is 40.2. The molecule has 0 spiro atoms. The zero-order valence-corrected chi connectivity index (χ0v) is 54.5. The van der Waals surface area contributed by atoms with E-state index >= 15 is 0 Å². The summed E-state index contributed by atoms with van der Waals surface area (Å²) in [6.45, 7) is 0. The third kappa shape index (κ3) is 8.41. The summed E-state index contributed by atoms with van der Waals surface area (Å²) in [5.41, 5.74) is 12.5. The number of benzene rings is 22. The lowest BCUT2D eigenvalue weighted by atomic mass is 9.87. The smallest absolute Gasteiger partial charge is 0.00987 e. The predicted molar refractivity (Wildman–Crippen MR) is 434 cm³/mol. The van der Waals surface area contributed by atoms with Crippen molar-refractivity contribution in [1.82, 2.24) is 0 Å². The minimum Gasteiger partial charge on any atom is -0.0616 e. The van der Waals surface area contributed by atoms with Crippen molar-refractivity contribution in [3.05, 3.63) is 352 Å². The van der Waals surface area contributed by atoms with Gasteiger partial charge in [0.1, 0.15) is 0 Å². The molecule has 0 bridgehead atoms. The molecule has 0 amide bonds. The van der Waals surface area contributed by atoms with Gasteiger partial charge in [-0.25, -0.2) is 0 Å². The van der Waals surface area contributed by atoms with Crippen LogP contribution < -0.4 is 0 Å². The number of hydrogen-bond donors (Lipinski definition) is 0. The van der Waals surface area contributed by atoms with E-state index in [0.717, 1.165) is 0 Å². The largest absolute Gasteiger partial charge is 0.0616 e. The van der Waals surface area contributed by atoms with Crippen molar-refractivity contribution in [2.45, 2.75) is 0 Å². The molecule has 22 aromatic rings. The molecule has 22 rings (SSSR count). The summed E-state index contributed by atoms with van der Waals surface area (Å²) in [6, 6.07) is 133. The van der Waals surface area contributed by atoms with Gasteiger partial charge in [0.25, 0.3) is 0 Å². The molecule has 100 heavy (non-hydrogen) atoms. The first-order chi connectivity index (χ1) is 49.5. The van der Waals surface area contributed by atoms with Crippen LogP contribution >= 0.6 is 0 Å². The first-order valence-electron chi connectivity index (χ1n) is 34.9. The monoisotopic (exact) mass is 1260 g/mol. The van der Waals surface area contributed by atoms with E-state index in [0.29, 0.717) is 0 Å². The molecule has 0 aromatic heterocycles. The summed E-state index contributed by atoms with van der Waals surface area (Å²) >= 11 is 0. The lowest BCUT2D eigenvalue weighted by molar-refractivity contribution is 1.69. The lowest BCUT2D eigenvalue weighted by Crippen LogP contribution is -1.89. The molecule has 0 saturated heterocycles. The summed E-state index contributed by atoms with van der Waals surface area (Å²) in [4.78, 5) is 0. The fourth-order valence-corrected chi connectivity index (χ4v) is 17.6. The van der Waals surface area contributed by atoms with Crippen molar-refractivity contribution < 1.29 is 0 Å². The molecule has 0 atom stereocenters. The summed E-state index contributed by atoms with van der Waals surface area (Å²) < 4.78 is 0. The van der Waals surface area contributed by atoms with E-state index in [2.05, 4.69) is 352 Å². The second-order valence-electron chi connectivity index (χ2n) is 27.8. The SMILES string of the molecule is c1ccc2cc3cc(-c4cccc5cc6c(ccc7c(-c8cccc9cc%10c(ccc%11c(-c%12cccc%13c%12ccc%12cc%14c(-c%15cccc%16c%15ccc%15cc%17c(-c%18ccc%19cc%20ccccc%20cc%19c%18)cccc%17cc%15%16)cccc%14cc%12%13)cccc%11%10)cc89)cccc76)cc45)ccc3cc2c1. The maximum absolute atomic E-state index is 2.43. The van der Waals surface area contributed by atoms with Gasteiger partial charge in [-0.1, -0.05) is 267 Å². The van der Waals surface area contributed by atoms with Gasteiger partial charge in [-0.15, -0.1) is 0 Å². The third-order valence-electron chi connectivity index (χ3n) is 22.4. The highest BCUT2D eigenvalue weighted by molar-refractivity contribution is 6.25. The van der Waals surface area contributed by atoms with Gasteiger partial charge in [0.15, 0.2) is 0 Å². The number of fused-ring (bicyclic) bond motifs is 20. The minimum atomic E-state index is 1.23. The van der Waals surface area contributed by atoms with E-state index in [-0.39, 0.29) is 0 Å². The van der Waals surface area contributed by atoms with Crippen molar-refractivity contribution >= 4 is 172 Å². The van der Waals surface area contributed by atoms with Crippen molar-refractivity contribution in [3.8, 4) is 55.6 Å². The summed E-state index contributed by atoms with van der Waals surface area (Å²) in [7, 11) is 0. The summed E-state index contributed by atoms with van der Waals surface area (Å²) in [6.07, 6.45) is 0. The summed E-state index contributed by atoms with van der Waals surface area (Å²) in [5.74, 6) is 0. The normalized spacial score (nSPS) is 12.2. The van der Waals surface area contributed by atoms with Crippen molar-refractivity contribution in [1.29, 1.82) is 0 Å². The Morgan fingerprint density at radius 2 is 0.300 bits per heavy atom. The van der Waals surface area contributed by atoms with Crippen molar-refractivity contribution in [2.24, 2.45) is 0 Å². The zero-order chi connectivity index (χ0) is 65.3. The fourth-order valence-electron chi connectivity index (χ4n) is 17.6. The Labute approximate surface area is 576 Å². The van der Waals surface area contributed by atoms with Gasteiger partial charge in [0.05, 0.1) is 0 Å². The van der Waals surface area contributed by atoms with E-state index in [1.807, 2.05) is 0 Å². The van der Waals surface area contributed by atoms with Gasteiger partial charge < -0.3 is 0 Å². The molecule has 0 unspecified atom stereocenters. The Hall–Kier alpha value is -13.0. The van der Waals surface area contributed by atoms with Gasteiger partial charge >= 0.3 is 0 Å². The first-order valence-corrected chi connectivity index (χ1v) is 34.9. The Balaban J connectivity index is 0.603. The fraction of sp³-hybridized carbons (Fsp3) is 0. The zero-order valence-electron chi connectivity index (χ0n) is 54.5. The molecule has 22 aromatic carbocycles. The highest BCUT2D eigenvalue weighted by atomic mass is 14.2. The molecule has 0 N–H and O–H groups in total. The van der Waals surface area contributed by atoms with Crippen LogP contribution in [0.4, 0.5) is 0 Å². The molecule has 0 nitrogen and oxygen atoms in total. The second-order valence-corrected chi connectivity index (χ2v) is 27.8. The second kappa shape index (κ2) is 21.2. The van der Waals surface area contributed by atoms with Crippen LogP contribution in [0.25, 0.3) is 228 Å². The van der Waals surface area contributed by atoms with Crippen LogP contribution in [-0.4, -0.2) is 0 Å². The van der Waals surface area contributed by atoms with E-state index in [9.17, 15) is 0 Å². The quantitative estimate of drug-likeness (QED) is 0.119. The Morgan fingerprint density at radius 3 is 0.610 bits per heavy atom. The van der Waals surface area contributed by atoms with Gasteiger partial charge in [0, 0.05) is 0 Å². The first kappa shape index (κ1) is 55.2. The molecule has 0 aliphatic rings. The molecule has 0 heteroatoms. The van der Waals surface area contributed by atoms with E-state index in [1.54, 1.807) is 0 Å². The Kier molecular flexibility index (Phi) is 11.7. The third-order valence-corrected chi connectivity index (χ3v) is 22.4. The van der Waals surface area contributed by atoms with E-state index in [4.69, 9.17) is 0 Å². The van der Waals surface area contributed by atoms with E-state index in [1.165, 1.54) is 228 Å².